The molecule has 0 fully saturated rings. The van der Waals surface area contributed by atoms with Crippen LogP contribution in [0.1, 0.15) is 24.8 Å². The smallest absolute Gasteiger partial charge is 0.307 e. The number of hydrogen-bond acceptors (Lipinski definition) is 2. The molecule has 23 heavy (non-hydrogen) atoms. The number of halogens is 1. The molecule has 0 aliphatic carbocycles. The second kappa shape index (κ2) is 7.42. The molecule has 0 aromatic heterocycles. The van der Waals surface area contributed by atoms with Crippen molar-refractivity contribution in [2.45, 2.75) is 19.3 Å². The number of carboxylic acids is 1. The van der Waals surface area contributed by atoms with Gasteiger partial charge in [0.1, 0.15) is 0 Å². The van der Waals surface area contributed by atoms with Gasteiger partial charge in [-0.25, -0.2) is 0 Å². The zero-order chi connectivity index (χ0) is 17.0. The van der Waals surface area contributed by atoms with E-state index < -0.39 is 23.7 Å². The molecule has 0 bridgehead atoms. The molecule has 2 unspecified atom stereocenters. The van der Waals surface area contributed by atoms with Crippen LogP contribution in [0.2, 0.25) is 0 Å². The molecule has 2 atom stereocenters. The Hall–Kier alpha value is -2.14. The van der Waals surface area contributed by atoms with Gasteiger partial charge in [0.15, 0.2) is 0 Å². The van der Waals surface area contributed by atoms with Crippen molar-refractivity contribution in [3.05, 3.63) is 58.6 Å². The zero-order valence-electron chi connectivity index (χ0n) is 12.7. The molecule has 0 heterocycles. The number of primary amides is 1. The number of carboxylic acid groups (broad SMARTS) is 1. The lowest BCUT2D eigenvalue weighted by molar-refractivity contribution is -0.144. The number of carbonyl (C=O) groups is 2. The average molecular weight is 376 g/mol. The Labute approximate surface area is 143 Å². The zero-order valence-corrected chi connectivity index (χ0v) is 14.3. The number of amides is 1. The highest BCUT2D eigenvalue weighted by molar-refractivity contribution is 9.10. The minimum Gasteiger partial charge on any atom is -0.481 e. The highest BCUT2D eigenvalue weighted by Crippen LogP contribution is 2.30. The van der Waals surface area contributed by atoms with E-state index in [-0.39, 0.29) is 0 Å². The maximum absolute atomic E-state index is 11.8. The number of hydrogen-bond donors (Lipinski definition) is 2. The van der Waals surface area contributed by atoms with E-state index in [0.717, 1.165) is 15.6 Å². The van der Waals surface area contributed by atoms with E-state index >= 15 is 0 Å². The van der Waals surface area contributed by atoms with Gasteiger partial charge in [0.2, 0.25) is 5.91 Å². The minimum absolute atomic E-state index is 0.345. The summed E-state index contributed by atoms with van der Waals surface area (Å²) in [4.78, 5) is 23.1. The van der Waals surface area contributed by atoms with E-state index in [4.69, 9.17) is 5.73 Å². The quantitative estimate of drug-likeness (QED) is 0.805. The second-order valence-electron chi connectivity index (χ2n) is 5.36. The van der Waals surface area contributed by atoms with E-state index in [0.29, 0.717) is 12.0 Å². The standard InChI is InChI=1S/C18H18BrNO3/c1-2-15(18(22)23)16(17(20)21)13-5-3-11(4-6-13)12-7-9-14(19)10-8-12/h3-10,15-16H,2H2,1H3,(H2,20,21)(H,22,23). The van der Waals surface area contributed by atoms with Gasteiger partial charge >= 0.3 is 5.97 Å². The van der Waals surface area contributed by atoms with E-state index in [2.05, 4.69) is 15.9 Å². The molecule has 5 heteroatoms. The monoisotopic (exact) mass is 375 g/mol. The van der Waals surface area contributed by atoms with Crippen molar-refractivity contribution in [1.29, 1.82) is 0 Å². The molecule has 2 rings (SSSR count). The van der Waals surface area contributed by atoms with Gasteiger partial charge in [0, 0.05) is 4.47 Å². The largest absolute Gasteiger partial charge is 0.481 e. The maximum Gasteiger partial charge on any atom is 0.307 e. The van der Waals surface area contributed by atoms with Crippen molar-refractivity contribution < 1.29 is 14.7 Å². The van der Waals surface area contributed by atoms with E-state index in [1.807, 2.05) is 36.4 Å². The van der Waals surface area contributed by atoms with Crippen molar-refractivity contribution in [1.82, 2.24) is 0 Å². The van der Waals surface area contributed by atoms with Gasteiger partial charge in [0.25, 0.3) is 0 Å². The summed E-state index contributed by atoms with van der Waals surface area (Å²) in [5.74, 6) is -3.26. The summed E-state index contributed by atoms with van der Waals surface area (Å²) in [6, 6.07) is 15.2. The molecular weight excluding hydrogens is 358 g/mol. The summed E-state index contributed by atoms with van der Waals surface area (Å²) < 4.78 is 0.999. The molecule has 0 spiro atoms. The van der Waals surface area contributed by atoms with Crippen molar-refractivity contribution >= 4 is 27.8 Å². The normalized spacial score (nSPS) is 13.3. The van der Waals surface area contributed by atoms with Crippen LogP contribution in [0.4, 0.5) is 0 Å². The van der Waals surface area contributed by atoms with Crippen LogP contribution < -0.4 is 5.73 Å². The van der Waals surface area contributed by atoms with Gasteiger partial charge in [-0.3, -0.25) is 9.59 Å². The van der Waals surface area contributed by atoms with Crippen LogP contribution in [0.25, 0.3) is 11.1 Å². The molecule has 0 radical (unpaired) electrons. The Morgan fingerprint density at radius 3 is 1.91 bits per heavy atom. The topological polar surface area (TPSA) is 80.4 Å². The fourth-order valence-electron chi connectivity index (χ4n) is 2.67. The Balaban J connectivity index is 2.34. The van der Waals surface area contributed by atoms with Crippen LogP contribution in [0, 0.1) is 5.92 Å². The summed E-state index contributed by atoms with van der Waals surface area (Å²) in [5, 5.41) is 9.30. The van der Waals surface area contributed by atoms with E-state index in [1.54, 1.807) is 19.1 Å². The second-order valence-corrected chi connectivity index (χ2v) is 6.28. The fourth-order valence-corrected chi connectivity index (χ4v) is 2.94. The molecule has 0 saturated carbocycles. The Morgan fingerprint density at radius 2 is 1.52 bits per heavy atom. The van der Waals surface area contributed by atoms with Crippen LogP contribution in [0.5, 0.6) is 0 Å². The van der Waals surface area contributed by atoms with Gasteiger partial charge in [0.05, 0.1) is 11.8 Å². The van der Waals surface area contributed by atoms with Crippen molar-refractivity contribution in [2.24, 2.45) is 11.7 Å². The molecule has 1 amide bonds. The van der Waals surface area contributed by atoms with Crippen LogP contribution in [0.15, 0.2) is 53.0 Å². The molecule has 3 N–H and O–H groups in total. The predicted molar refractivity (Wildman–Crippen MR) is 92.9 cm³/mol. The average Bonchev–Trinajstić information content (AvgIpc) is 2.53. The van der Waals surface area contributed by atoms with Crippen molar-refractivity contribution in [2.75, 3.05) is 0 Å². The number of benzene rings is 2. The molecule has 2 aromatic rings. The third-order valence-electron chi connectivity index (χ3n) is 3.91. The van der Waals surface area contributed by atoms with Crippen molar-refractivity contribution in [3.63, 3.8) is 0 Å². The number of rotatable bonds is 6. The maximum atomic E-state index is 11.8. The van der Waals surface area contributed by atoms with Gasteiger partial charge in [-0.2, -0.15) is 0 Å². The predicted octanol–water partition coefficient (Wildman–Crippen LogP) is 3.80. The van der Waals surface area contributed by atoms with Gasteiger partial charge in [-0.05, 0) is 35.2 Å². The van der Waals surface area contributed by atoms with E-state index in [9.17, 15) is 14.7 Å². The third-order valence-corrected chi connectivity index (χ3v) is 4.44. The van der Waals surface area contributed by atoms with Crippen LogP contribution in [-0.4, -0.2) is 17.0 Å². The number of nitrogens with two attached hydrogens (primary N) is 1. The molecule has 2 aromatic carbocycles. The first kappa shape index (κ1) is 17.2. The first-order valence-corrected chi connectivity index (χ1v) is 8.11. The molecule has 0 aliphatic heterocycles. The Morgan fingerprint density at radius 1 is 1.04 bits per heavy atom. The Bertz CT molecular complexity index is 695. The van der Waals surface area contributed by atoms with E-state index in [1.165, 1.54) is 0 Å². The van der Waals surface area contributed by atoms with Crippen LogP contribution >= 0.6 is 15.9 Å². The molecule has 120 valence electrons. The highest BCUT2D eigenvalue weighted by Gasteiger charge is 2.32. The first-order valence-electron chi connectivity index (χ1n) is 7.32. The fraction of sp³-hybridized carbons (Fsp3) is 0.222. The minimum atomic E-state index is -1.01. The third kappa shape index (κ3) is 3.99. The first-order chi connectivity index (χ1) is 10.9. The summed E-state index contributed by atoms with van der Waals surface area (Å²) in [6.45, 7) is 1.74. The number of carbonyl (C=O) groups excluding carboxylic acids is 1. The van der Waals surface area contributed by atoms with Crippen LogP contribution in [0.3, 0.4) is 0 Å². The highest BCUT2D eigenvalue weighted by atomic mass is 79.9. The van der Waals surface area contributed by atoms with Gasteiger partial charge in [-0.1, -0.05) is 59.3 Å². The van der Waals surface area contributed by atoms with Crippen LogP contribution in [-0.2, 0) is 9.59 Å². The summed E-state index contributed by atoms with van der Waals surface area (Å²) >= 11 is 3.39. The SMILES string of the molecule is CCC(C(=O)O)C(C(N)=O)c1ccc(-c2ccc(Br)cc2)cc1. The molecule has 0 aliphatic rings. The Kier molecular flexibility index (Phi) is 5.55. The lowest BCUT2D eigenvalue weighted by atomic mass is 9.83. The lowest BCUT2D eigenvalue weighted by Gasteiger charge is -2.20. The van der Waals surface area contributed by atoms with Gasteiger partial charge < -0.3 is 10.8 Å². The number of aliphatic carboxylic acids is 1. The van der Waals surface area contributed by atoms with Crippen molar-refractivity contribution in [3.8, 4) is 11.1 Å². The summed E-state index contributed by atoms with van der Waals surface area (Å²) in [5.41, 5.74) is 8.11. The summed E-state index contributed by atoms with van der Waals surface area (Å²) in [7, 11) is 0. The molecule has 0 saturated heterocycles. The molecular formula is C18H18BrNO3. The summed E-state index contributed by atoms with van der Waals surface area (Å²) in [6.07, 6.45) is 0.345. The molecule has 4 nitrogen and oxygen atoms in total. The van der Waals surface area contributed by atoms with Gasteiger partial charge in [-0.15, -0.1) is 0 Å². The lowest BCUT2D eigenvalue weighted by Crippen LogP contribution is -2.32.